The molecule has 0 spiro atoms. The van der Waals surface area contributed by atoms with E-state index in [9.17, 15) is 4.79 Å². The van der Waals surface area contributed by atoms with E-state index in [-0.39, 0.29) is 6.61 Å². The number of benzene rings is 1. The van der Waals surface area contributed by atoms with Gasteiger partial charge in [-0.25, -0.2) is 9.78 Å². The minimum atomic E-state index is -0.529. The molecule has 0 unspecified atom stereocenters. The number of carbonyl (C=O) groups is 1. The molecule has 0 aliphatic carbocycles. The van der Waals surface area contributed by atoms with Crippen LogP contribution in [0, 0.1) is 12.3 Å². The molecular weight excluding hydrogens is 240 g/mol. The first kappa shape index (κ1) is 12.7. The van der Waals surface area contributed by atoms with Crippen LogP contribution in [0.3, 0.4) is 0 Å². The molecule has 2 aromatic rings. The zero-order chi connectivity index (χ0) is 13.5. The van der Waals surface area contributed by atoms with E-state index < -0.39 is 6.09 Å². The summed E-state index contributed by atoms with van der Waals surface area (Å²) in [6.45, 7) is 0.225. The van der Waals surface area contributed by atoms with E-state index in [0.29, 0.717) is 11.4 Å². The number of nitrogens with zero attached hydrogens (tertiary/aromatic N) is 1. The maximum absolute atomic E-state index is 11.5. The van der Waals surface area contributed by atoms with Crippen molar-refractivity contribution in [1.29, 1.82) is 0 Å². The van der Waals surface area contributed by atoms with Crippen LogP contribution in [-0.2, 0) is 11.3 Å². The van der Waals surface area contributed by atoms with Crippen LogP contribution in [0.25, 0.3) is 0 Å². The Bertz CT molecular complexity index is 586. The Labute approximate surface area is 111 Å². The van der Waals surface area contributed by atoms with Gasteiger partial charge in [0, 0.05) is 0 Å². The maximum atomic E-state index is 11.5. The minimum Gasteiger partial charge on any atom is -0.444 e. The highest BCUT2D eigenvalue weighted by atomic mass is 16.5. The molecule has 4 nitrogen and oxygen atoms in total. The summed E-state index contributed by atoms with van der Waals surface area (Å²) in [5.74, 6) is 2.40. The number of rotatable bonds is 3. The molecule has 94 valence electrons. The van der Waals surface area contributed by atoms with Gasteiger partial charge in [-0.05, 0) is 17.7 Å². The molecule has 1 heterocycles. The smallest absolute Gasteiger partial charge is 0.412 e. The minimum absolute atomic E-state index is 0.225. The summed E-state index contributed by atoms with van der Waals surface area (Å²) < 4.78 is 5.07. The fourth-order valence-electron chi connectivity index (χ4n) is 1.43. The van der Waals surface area contributed by atoms with Crippen LogP contribution in [0.15, 0.2) is 48.7 Å². The van der Waals surface area contributed by atoms with E-state index in [0.717, 1.165) is 5.56 Å². The first-order valence-electron chi connectivity index (χ1n) is 5.68. The molecule has 0 aliphatic heterocycles. The van der Waals surface area contributed by atoms with Gasteiger partial charge in [-0.3, -0.25) is 5.32 Å². The van der Waals surface area contributed by atoms with E-state index in [4.69, 9.17) is 11.2 Å². The Hall–Kier alpha value is -2.80. The molecule has 1 aromatic carbocycles. The summed E-state index contributed by atoms with van der Waals surface area (Å²) >= 11 is 0. The number of anilines is 1. The van der Waals surface area contributed by atoms with Crippen molar-refractivity contribution in [3.05, 3.63) is 59.9 Å². The van der Waals surface area contributed by atoms with Gasteiger partial charge in [-0.15, -0.1) is 6.42 Å². The van der Waals surface area contributed by atoms with Gasteiger partial charge < -0.3 is 4.74 Å². The zero-order valence-electron chi connectivity index (χ0n) is 10.2. The summed E-state index contributed by atoms with van der Waals surface area (Å²) in [6.07, 6.45) is 6.15. The third-order valence-corrected chi connectivity index (χ3v) is 2.37. The SMILES string of the molecule is C#Cc1ccc(NC(=O)OCc2ccccc2)cn1. The maximum Gasteiger partial charge on any atom is 0.412 e. The number of ether oxygens (including phenoxy) is 1. The van der Waals surface area contributed by atoms with Crippen LogP contribution in [0.1, 0.15) is 11.3 Å². The fraction of sp³-hybridized carbons (Fsp3) is 0.0667. The molecule has 4 heteroatoms. The number of carbonyl (C=O) groups excluding carboxylic acids is 1. The van der Waals surface area contributed by atoms with Crippen molar-refractivity contribution < 1.29 is 9.53 Å². The molecule has 0 fully saturated rings. The molecule has 0 radical (unpaired) electrons. The lowest BCUT2D eigenvalue weighted by molar-refractivity contribution is 0.155. The van der Waals surface area contributed by atoms with E-state index in [1.54, 1.807) is 12.1 Å². The van der Waals surface area contributed by atoms with Crippen LogP contribution in [0.4, 0.5) is 10.5 Å². The fourth-order valence-corrected chi connectivity index (χ4v) is 1.43. The molecule has 1 amide bonds. The summed E-state index contributed by atoms with van der Waals surface area (Å²) in [5.41, 5.74) is 1.98. The molecule has 0 bridgehead atoms. The summed E-state index contributed by atoms with van der Waals surface area (Å²) in [4.78, 5) is 15.5. The zero-order valence-corrected chi connectivity index (χ0v) is 10.2. The summed E-state index contributed by atoms with van der Waals surface area (Å²) in [6, 6.07) is 12.8. The Balaban J connectivity index is 1.86. The van der Waals surface area contributed by atoms with Crippen molar-refractivity contribution >= 4 is 11.8 Å². The molecule has 19 heavy (non-hydrogen) atoms. The van der Waals surface area contributed by atoms with Crippen LogP contribution in [0.5, 0.6) is 0 Å². The number of aromatic nitrogens is 1. The van der Waals surface area contributed by atoms with Gasteiger partial charge in [-0.2, -0.15) is 0 Å². The third kappa shape index (κ3) is 3.86. The Morgan fingerprint density at radius 2 is 2.05 bits per heavy atom. The second-order valence-electron chi connectivity index (χ2n) is 3.76. The molecule has 1 N–H and O–H groups in total. The monoisotopic (exact) mass is 252 g/mol. The highest BCUT2D eigenvalue weighted by molar-refractivity contribution is 5.84. The van der Waals surface area contributed by atoms with Gasteiger partial charge in [0.15, 0.2) is 0 Å². The Morgan fingerprint density at radius 1 is 1.26 bits per heavy atom. The number of terminal acetylenes is 1. The van der Waals surface area contributed by atoms with Gasteiger partial charge in [0.05, 0.1) is 11.9 Å². The lowest BCUT2D eigenvalue weighted by Gasteiger charge is -2.06. The van der Waals surface area contributed by atoms with Gasteiger partial charge in [0.25, 0.3) is 0 Å². The van der Waals surface area contributed by atoms with Crippen molar-refractivity contribution in [1.82, 2.24) is 4.98 Å². The van der Waals surface area contributed by atoms with Gasteiger partial charge in [0.1, 0.15) is 12.3 Å². The average molecular weight is 252 g/mol. The standard InChI is InChI=1S/C15H12N2O2/c1-2-13-8-9-14(10-16-13)17-15(18)19-11-12-6-4-3-5-7-12/h1,3-10H,11H2,(H,17,18). The van der Waals surface area contributed by atoms with Gasteiger partial charge >= 0.3 is 6.09 Å². The number of pyridine rings is 1. The molecule has 1 aromatic heterocycles. The number of amides is 1. The molecule has 0 saturated carbocycles. The predicted molar refractivity (Wildman–Crippen MR) is 72.4 cm³/mol. The van der Waals surface area contributed by atoms with Crippen LogP contribution < -0.4 is 5.32 Å². The molecule has 2 rings (SSSR count). The molecule has 0 atom stereocenters. The van der Waals surface area contributed by atoms with Crippen molar-refractivity contribution in [2.45, 2.75) is 6.61 Å². The second-order valence-corrected chi connectivity index (χ2v) is 3.76. The number of hydrogen-bond donors (Lipinski definition) is 1. The number of nitrogens with one attached hydrogen (secondary N) is 1. The summed E-state index contributed by atoms with van der Waals surface area (Å²) in [5, 5.41) is 2.57. The highest BCUT2D eigenvalue weighted by Gasteiger charge is 2.03. The van der Waals surface area contributed by atoms with Crippen molar-refractivity contribution in [3.63, 3.8) is 0 Å². The van der Waals surface area contributed by atoms with E-state index in [2.05, 4.69) is 16.2 Å². The lowest BCUT2D eigenvalue weighted by atomic mass is 10.2. The normalized spacial score (nSPS) is 9.42. The molecule has 0 aliphatic rings. The first-order chi connectivity index (χ1) is 9.28. The second kappa shape index (κ2) is 6.22. The van der Waals surface area contributed by atoms with E-state index in [1.807, 2.05) is 30.3 Å². The van der Waals surface area contributed by atoms with Gasteiger partial charge in [0.2, 0.25) is 0 Å². The Morgan fingerprint density at radius 3 is 2.68 bits per heavy atom. The van der Waals surface area contributed by atoms with Crippen molar-refractivity contribution in [3.8, 4) is 12.3 Å². The third-order valence-electron chi connectivity index (χ3n) is 2.37. The van der Waals surface area contributed by atoms with Crippen LogP contribution in [-0.4, -0.2) is 11.1 Å². The summed E-state index contributed by atoms with van der Waals surface area (Å²) in [7, 11) is 0. The molecule has 0 saturated heterocycles. The highest BCUT2D eigenvalue weighted by Crippen LogP contribution is 2.07. The first-order valence-corrected chi connectivity index (χ1v) is 5.68. The average Bonchev–Trinajstić information content (AvgIpc) is 2.47. The quantitative estimate of drug-likeness (QED) is 0.854. The van der Waals surface area contributed by atoms with Gasteiger partial charge in [-0.1, -0.05) is 36.3 Å². The molecular formula is C15H12N2O2. The van der Waals surface area contributed by atoms with E-state index in [1.165, 1.54) is 6.20 Å². The number of hydrogen-bond acceptors (Lipinski definition) is 3. The van der Waals surface area contributed by atoms with Crippen molar-refractivity contribution in [2.24, 2.45) is 0 Å². The Kier molecular flexibility index (Phi) is 4.14. The lowest BCUT2D eigenvalue weighted by Crippen LogP contribution is -2.13. The van der Waals surface area contributed by atoms with Crippen LogP contribution >= 0.6 is 0 Å². The topological polar surface area (TPSA) is 51.2 Å². The van der Waals surface area contributed by atoms with E-state index >= 15 is 0 Å². The predicted octanol–water partition coefficient (Wildman–Crippen LogP) is 2.81. The largest absolute Gasteiger partial charge is 0.444 e. The van der Waals surface area contributed by atoms with Crippen molar-refractivity contribution in [2.75, 3.05) is 5.32 Å². The van der Waals surface area contributed by atoms with Crippen LogP contribution in [0.2, 0.25) is 0 Å².